The van der Waals surface area contributed by atoms with Crippen molar-refractivity contribution in [3.05, 3.63) is 59.3 Å². The second kappa shape index (κ2) is 5.63. The maximum Gasteiger partial charge on any atom is 0.129 e. The van der Waals surface area contributed by atoms with Crippen molar-refractivity contribution in [1.82, 2.24) is 4.98 Å². The fourth-order valence-electron chi connectivity index (χ4n) is 2.79. The molecule has 0 aliphatic carbocycles. The van der Waals surface area contributed by atoms with Gasteiger partial charge in [-0.1, -0.05) is 24.3 Å². The van der Waals surface area contributed by atoms with Crippen LogP contribution in [0.5, 0.6) is 0 Å². The number of anilines is 1. The number of hydrogen-bond donors (Lipinski definition) is 1. The molecule has 0 saturated carbocycles. The summed E-state index contributed by atoms with van der Waals surface area (Å²) in [6.07, 6.45) is 4.19. The predicted molar refractivity (Wildman–Crippen MR) is 82.7 cm³/mol. The first-order chi connectivity index (χ1) is 9.74. The van der Waals surface area contributed by atoms with E-state index in [4.69, 9.17) is 5.73 Å². The SMILES string of the molecule is CC(N)c1ccnc(N2CCCc3ccccc3C2)c1. The van der Waals surface area contributed by atoms with E-state index in [0.717, 1.165) is 30.9 Å². The van der Waals surface area contributed by atoms with Gasteiger partial charge in [-0.2, -0.15) is 0 Å². The second-order valence-electron chi connectivity index (χ2n) is 5.53. The van der Waals surface area contributed by atoms with E-state index in [1.54, 1.807) is 0 Å². The summed E-state index contributed by atoms with van der Waals surface area (Å²) in [5, 5.41) is 0. The third kappa shape index (κ3) is 2.68. The molecule has 3 rings (SSSR count). The van der Waals surface area contributed by atoms with Crippen LogP contribution in [0.1, 0.15) is 36.1 Å². The Bertz CT molecular complexity index is 592. The fourth-order valence-corrected chi connectivity index (χ4v) is 2.79. The number of nitrogens with zero attached hydrogens (tertiary/aromatic N) is 2. The average Bonchev–Trinajstić information content (AvgIpc) is 2.69. The molecular weight excluding hydrogens is 246 g/mol. The monoisotopic (exact) mass is 267 g/mol. The minimum absolute atomic E-state index is 0.0519. The van der Waals surface area contributed by atoms with Crippen molar-refractivity contribution in [2.24, 2.45) is 5.73 Å². The zero-order chi connectivity index (χ0) is 13.9. The van der Waals surface area contributed by atoms with E-state index in [1.165, 1.54) is 17.5 Å². The molecule has 0 bridgehead atoms. The van der Waals surface area contributed by atoms with Gasteiger partial charge in [0.2, 0.25) is 0 Å². The fraction of sp³-hybridized carbons (Fsp3) is 0.353. The van der Waals surface area contributed by atoms with E-state index in [-0.39, 0.29) is 6.04 Å². The highest BCUT2D eigenvalue weighted by atomic mass is 15.2. The van der Waals surface area contributed by atoms with Gasteiger partial charge in [-0.05, 0) is 48.6 Å². The van der Waals surface area contributed by atoms with Crippen LogP contribution in [-0.4, -0.2) is 11.5 Å². The Kier molecular flexibility index (Phi) is 3.70. The number of aromatic nitrogens is 1. The third-order valence-corrected chi connectivity index (χ3v) is 3.97. The van der Waals surface area contributed by atoms with Crippen molar-refractivity contribution < 1.29 is 0 Å². The van der Waals surface area contributed by atoms with Crippen LogP contribution in [0.25, 0.3) is 0 Å². The van der Waals surface area contributed by atoms with Crippen molar-refractivity contribution in [2.45, 2.75) is 32.4 Å². The Hall–Kier alpha value is -1.87. The highest BCUT2D eigenvalue weighted by Crippen LogP contribution is 2.24. The van der Waals surface area contributed by atoms with Gasteiger partial charge in [0.05, 0.1) is 0 Å². The van der Waals surface area contributed by atoms with Crippen molar-refractivity contribution in [3.8, 4) is 0 Å². The lowest BCUT2D eigenvalue weighted by molar-refractivity contribution is 0.749. The first kappa shape index (κ1) is 13.1. The van der Waals surface area contributed by atoms with Gasteiger partial charge in [0, 0.05) is 25.3 Å². The highest BCUT2D eigenvalue weighted by molar-refractivity contribution is 5.44. The standard InChI is InChI=1S/C17H21N3/c1-13(18)15-8-9-19-17(11-15)20-10-4-7-14-5-2-3-6-16(14)12-20/h2-3,5-6,8-9,11,13H,4,7,10,12,18H2,1H3. The molecule has 1 aromatic heterocycles. The largest absolute Gasteiger partial charge is 0.352 e. The molecule has 3 heteroatoms. The van der Waals surface area contributed by atoms with Crippen LogP contribution in [0.4, 0.5) is 5.82 Å². The highest BCUT2D eigenvalue weighted by Gasteiger charge is 2.15. The van der Waals surface area contributed by atoms with Gasteiger partial charge in [0.1, 0.15) is 5.82 Å². The summed E-state index contributed by atoms with van der Waals surface area (Å²) in [5.41, 5.74) is 10.0. The Labute approximate surface area is 120 Å². The summed E-state index contributed by atoms with van der Waals surface area (Å²) in [7, 11) is 0. The maximum absolute atomic E-state index is 5.97. The van der Waals surface area contributed by atoms with Crippen LogP contribution in [0.15, 0.2) is 42.6 Å². The first-order valence-electron chi connectivity index (χ1n) is 7.27. The van der Waals surface area contributed by atoms with Crippen molar-refractivity contribution in [3.63, 3.8) is 0 Å². The molecule has 1 aromatic carbocycles. The molecule has 1 unspecified atom stereocenters. The zero-order valence-electron chi connectivity index (χ0n) is 11.9. The summed E-state index contributed by atoms with van der Waals surface area (Å²) in [6.45, 7) is 3.99. The lowest BCUT2D eigenvalue weighted by Crippen LogP contribution is -2.24. The maximum atomic E-state index is 5.97. The van der Waals surface area contributed by atoms with Gasteiger partial charge < -0.3 is 10.6 Å². The zero-order valence-corrected chi connectivity index (χ0v) is 11.9. The lowest BCUT2D eigenvalue weighted by Gasteiger charge is -2.23. The molecule has 0 amide bonds. The Morgan fingerprint density at radius 3 is 2.80 bits per heavy atom. The van der Waals surface area contributed by atoms with Crippen LogP contribution in [0.2, 0.25) is 0 Å². The molecule has 0 radical (unpaired) electrons. The van der Waals surface area contributed by atoms with Crippen LogP contribution >= 0.6 is 0 Å². The number of aryl methyl sites for hydroxylation is 1. The lowest BCUT2D eigenvalue weighted by atomic mass is 10.0. The molecule has 2 N–H and O–H groups in total. The van der Waals surface area contributed by atoms with E-state index in [9.17, 15) is 0 Å². The predicted octanol–water partition coefficient (Wildman–Crippen LogP) is 3.05. The van der Waals surface area contributed by atoms with Crippen molar-refractivity contribution >= 4 is 5.82 Å². The number of pyridine rings is 1. The number of fused-ring (bicyclic) bond motifs is 1. The Morgan fingerprint density at radius 2 is 2.00 bits per heavy atom. The molecule has 104 valence electrons. The molecule has 1 atom stereocenters. The van der Waals surface area contributed by atoms with Gasteiger partial charge >= 0.3 is 0 Å². The second-order valence-corrected chi connectivity index (χ2v) is 5.53. The van der Waals surface area contributed by atoms with E-state index < -0.39 is 0 Å². The molecule has 0 spiro atoms. The summed E-state index contributed by atoms with van der Waals surface area (Å²) < 4.78 is 0. The van der Waals surface area contributed by atoms with Crippen LogP contribution in [0, 0.1) is 0 Å². The average molecular weight is 267 g/mol. The van der Waals surface area contributed by atoms with E-state index >= 15 is 0 Å². The quantitative estimate of drug-likeness (QED) is 0.909. The number of nitrogens with two attached hydrogens (primary N) is 1. The minimum Gasteiger partial charge on any atom is -0.352 e. The number of rotatable bonds is 2. The Balaban J connectivity index is 1.89. The van der Waals surface area contributed by atoms with Gasteiger partial charge in [-0.15, -0.1) is 0 Å². The van der Waals surface area contributed by atoms with E-state index in [1.807, 2.05) is 19.2 Å². The molecule has 0 fully saturated rings. The molecule has 1 aliphatic heterocycles. The number of hydrogen-bond acceptors (Lipinski definition) is 3. The van der Waals surface area contributed by atoms with Gasteiger partial charge in [-0.25, -0.2) is 4.98 Å². The summed E-state index contributed by atoms with van der Waals surface area (Å²) in [6, 6.07) is 12.9. The summed E-state index contributed by atoms with van der Waals surface area (Å²) in [4.78, 5) is 6.89. The molecule has 2 heterocycles. The number of benzene rings is 1. The smallest absolute Gasteiger partial charge is 0.129 e. The van der Waals surface area contributed by atoms with Crippen molar-refractivity contribution in [1.29, 1.82) is 0 Å². The molecule has 3 nitrogen and oxygen atoms in total. The van der Waals surface area contributed by atoms with Crippen LogP contribution in [-0.2, 0) is 13.0 Å². The van der Waals surface area contributed by atoms with E-state index in [0.29, 0.717) is 0 Å². The topological polar surface area (TPSA) is 42.1 Å². The molecule has 2 aromatic rings. The molecule has 0 saturated heterocycles. The first-order valence-corrected chi connectivity index (χ1v) is 7.27. The van der Waals surface area contributed by atoms with Gasteiger partial charge in [0.15, 0.2) is 0 Å². The third-order valence-electron chi connectivity index (χ3n) is 3.97. The van der Waals surface area contributed by atoms with Crippen LogP contribution in [0.3, 0.4) is 0 Å². The molecular formula is C17H21N3. The minimum atomic E-state index is 0.0519. The normalized spacial score (nSPS) is 16.4. The van der Waals surface area contributed by atoms with Gasteiger partial charge in [-0.3, -0.25) is 0 Å². The summed E-state index contributed by atoms with van der Waals surface area (Å²) >= 11 is 0. The molecule has 1 aliphatic rings. The molecule has 20 heavy (non-hydrogen) atoms. The van der Waals surface area contributed by atoms with Crippen LogP contribution < -0.4 is 10.6 Å². The van der Waals surface area contributed by atoms with Gasteiger partial charge in [0.25, 0.3) is 0 Å². The summed E-state index contributed by atoms with van der Waals surface area (Å²) in [5.74, 6) is 1.04. The Morgan fingerprint density at radius 1 is 1.20 bits per heavy atom. The van der Waals surface area contributed by atoms with Crippen molar-refractivity contribution in [2.75, 3.05) is 11.4 Å². The van der Waals surface area contributed by atoms with E-state index in [2.05, 4.69) is 40.2 Å².